The van der Waals surface area contributed by atoms with E-state index in [9.17, 15) is 19.2 Å². The Balaban J connectivity index is -0.000000242. The maximum Gasteiger partial charge on any atom is 0.334 e. The molecule has 0 saturated carbocycles. The van der Waals surface area contributed by atoms with Gasteiger partial charge >= 0.3 is 17.9 Å². The van der Waals surface area contributed by atoms with Crippen molar-refractivity contribution in [2.75, 3.05) is 33.4 Å². The first-order valence-corrected chi connectivity index (χ1v) is 14.6. The van der Waals surface area contributed by atoms with Crippen molar-refractivity contribution in [3.8, 4) is 0 Å². The summed E-state index contributed by atoms with van der Waals surface area (Å²) in [7, 11) is 1.33. The standard InChI is InChI=1S/C11H21NO.C10H19NO2.C7H12O3.C5H8O2/c1-3-5-6-7-8-9-10-12-11(13)4-2;1-6-13-9(12)8(2)7-11-10(3,4)5;1-5(2)7(9)10-4-6(3)8;1-4(2)5(6)7-3/h4H,2-3,5-10H2,1H3,(H,12,13);11H,2,6-7H2,1,3-5H3;6,8H,1,4H2,2-3H3;1H2,2-3H3. The average molecular weight is 613 g/mol. The topological polar surface area (TPSA) is 140 Å². The van der Waals surface area contributed by atoms with E-state index in [1.54, 1.807) is 27.7 Å². The predicted molar refractivity (Wildman–Crippen MR) is 174 cm³/mol. The number of nitrogens with one attached hydrogen (secondary N) is 2. The van der Waals surface area contributed by atoms with Gasteiger partial charge in [0.25, 0.3) is 0 Å². The van der Waals surface area contributed by atoms with Crippen LogP contribution in [0.4, 0.5) is 0 Å². The summed E-state index contributed by atoms with van der Waals surface area (Å²) in [6.07, 6.45) is 8.25. The molecule has 0 aromatic rings. The summed E-state index contributed by atoms with van der Waals surface area (Å²) in [4.78, 5) is 42.6. The van der Waals surface area contributed by atoms with Crippen molar-refractivity contribution < 1.29 is 38.5 Å². The lowest BCUT2D eigenvalue weighted by atomic mass is 10.1. The fourth-order valence-corrected chi connectivity index (χ4v) is 2.36. The molecule has 0 radical (unpaired) electrons. The highest BCUT2D eigenvalue weighted by Gasteiger charge is 2.12. The SMILES string of the molecule is C=C(C)C(=O)OC.C=C(C)C(=O)OCC(C)O.C=C(CNC(C)(C)C)C(=O)OCC.C=CC(=O)NCCCCCCCC. The third-order valence-corrected chi connectivity index (χ3v) is 4.75. The number of aliphatic hydroxyl groups is 1. The molecule has 1 amide bonds. The van der Waals surface area contributed by atoms with Gasteiger partial charge < -0.3 is 30.0 Å². The molecule has 3 N–H and O–H groups in total. The Morgan fingerprint density at radius 2 is 1.37 bits per heavy atom. The number of ether oxygens (including phenoxy) is 3. The Labute approximate surface area is 261 Å². The Morgan fingerprint density at radius 3 is 1.74 bits per heavy atom. The van der Waals surface area contributed by atoms with Crippen LogP contribution in [0.25, 0.3) is 0 Å². The van der Waals surface area contributed by atoms with Crippen molar-refractivity contribution in [1.29, 1.82) is 0 Å². The Bertz CT molecular complexity index is 842. The molecule has 10 nitrogen and oxygen atoms in total. The van der Waals surface area contributed by atoms with Crippen LogP contribution in [-0.4, -0.2) is 74.0 Å². The summed E-state index contributed by atoms with van der Waals surface area (Å²) in [6.45, 7) is 30.3. The van der Waals surface area contributed by atoms with Crippen LogP contribution in [-0.2, 0) is 33.4 Å². The Kier molecular flexibility index (Phi) is 32.8. The summed E-state index contributed by atoms with van der Waals surface area (Å²) >= 11 is 0. The van der Waals surface area contributed by atoms with E-state index in [1.165, 1.54) is 45.3 Å². The van der Waals surface area contributed by atoms with Crippen LogP contribution in [0.1, 0.15) is 93.9 Å². The second-order valence-electron chi connectivity index (χ2n) is 10.7. The number of methoxy groups -OCH3 is 1. The van der Waals surface area contributed by atoms with E-state index in [-0.39, 0.29) is 30.0 Å². The van der Waals surface area contributed by atoms with Gasteiger partial charge in [0.2, 0.25) is 5.91 Å². The largest absolute Gasteiger partial charge is 0.466 e. The fourth-order valence-electron chi connectivity index (χ4n) is 2.36. The number of unbranched alkanes of at least 4 members (excludes halogenated alkanes) is 5. The monoisotopic (exact) mass is 612 g/mol. The molecule has 10 heteroatoms. The lowest BCUT2D eigenvalue weighted by Crippen LogP contribution is -2.38. The van der Waals surface area contributed by atoms with Crippen LogP contribution in [0.2, 0.25) is 0 Å². The van der Waals surface area contributed by atoms with Gasteiger partial charge in [-0.15, -0.1) is 0 Å². The van der Waals surface area contributed by atoms with Crippen LogP contribution < -0.4 is 10.6 Å². The molecule has 0 saturated heterocycles. The zero-order chi connectivity index (χ0) is 34.4. The van der Waals surface area contributed by atoms with Gasteiger partial charge in [-0.2, -0.15) is 0 Å². The molecule has 0 aliphatic heterocycles. The molecule has 0 fully saturated rings. The molecule has 0 aliphatic carbocycles. The van der Waals surface area contributed by atoms with Crippen molar-refractivity contribution in [2.45, 2.75) is 106 Å². The van der Waals surface area contributed by atoms with Gasteiger partial charge in [-0.3, -0.25) is 4.79 Å². The number of aliphatic hydroxyl groups excluding tert-OH is 1. The van der Waals surface area contributed by atoms with Crippen molar-refractivity contribution in [3.05, 3.63) is 49.1 Å². The number of rotatable bonds is 16. The van der Waals surface area contributed by atoms with Gasteiger partial charge in [-0.1, -0.05) is 65.3 Å². The van der Waals surface area contributed by atoms with Crippen molar-refractivity contribution in [1.82, 2.24) is 10.6 Å². The van der Waals surface area contributed by atoms with Gasteiger partial charge in [-0.25, -0.2) is 14.4 Å². The van der Waals surface area contributed by atoms with E-state index in [0.717, 1.165) is 13.0 Å². The van der Waals surface area contributed by atoms with Crippen LogP contribution >= 0.6 is 0 Å². The minimum absolute atomic E-state index is 0.00453. The molecule has 0 bridgehead atoms. The normalized spacial score (nSPS) is 10.4. The lowest BCUT2D eigenvalue weighted by molar-refractivity contribution is -0.141. The first-order valence-electron chi connectivity index (χ1n) is 14.6. The quantitative estimate of drug-likeness (QED) is 0.0909. The molecule has 250 valence electrons. The van der Waals surface area contributed by atoms with E-state index in [4.69, 9.17) is 9.84 Å². The third-order valence-electron chi connectivity index (χ3n) is 4.75. The average Bonchev–Trinajstić information content (AvgIpc) is 2.93. The number of hydrogen-bond donors (Lipinski definition) is 3. The van der Waals surface area contributed by atoms with E-state index in [1.807, 2.05) is 20.8 Å². The molecule has 1 unspecified atom stereocenters. The van der Waals surface area contributed by atoms with E-state index in [0.29, 0.717) is 29.9 Å². The second kappa shape index (κ2) is 30.2. The molecule has 1 atom stereocenters. The highest BCUT2D eigenvalue weighted by molar-refractivity contribution is 5.88. The zero-order valence-corrected chi connectivity index (χ0v) is 28.4. The first kappa shape index (κ1) is 46.7. The van der Waals surface area contributed by atoms with Gasteiger partial charge in [0, 0.05) is 35.3 Å². The Morgan fingerprint density at radius 1 is 0.860 bits per heavy atom. The number of amides is 1. The summed E-state index contributed by atoms with van der Waals surface area (Å²) in [5.74, 6) is -1.19. The second-order valence-corrected chi connectivity index (χ2v) is 10.7. The molecule has 0 heterocycles. The first-order chi connectivity index (χ1) is 19.9. The minimum atomic E-state index is -0.608. The molecule has 0 spiro atoms. The lowest BCUT2D eigenvalue weighted by Gasteiger charge is -2.20. The highest BCUT2D eigenvalue weighted by atomic mass is 16.5. The highest BCUT2D eigenvalue weighted by Crippen LogP contribution is 2.04. The van der Waals surface area contributed by atoms with E-state index in [2.05, 4.69) is 53.3 Å². The van der Waals surface area contributed by atoms with Crippen LogP contribution in [0.3, 0.4) is 0 Å². The molecular formula is C33H60N2O8. The molecular weight excluding hydrogens is 552 g/mol. The van der Waals surface area contributed by atoms with Crippen molar-refractivity contribution in [3.63, 3.8) is 0 Å². The van der Waals surface area contributed by atoms with Gasteiger partial charge in [-0.05, 0) is 61.0 Å². The predicted octanol–water partition coefficient (Wildman–Crippen LogP) is 5.36. The van der Waals surface area contributed by atoms with Crippen LogP contribution in [0, 0.1) is 0 Å². The molecule has 0 aromatic carbocycles. The van der Waals surface area contributed by atoms with Gasteiger partial charge in [0.15, 0.2) is 0 Å². The van der Waals surface area contributed by atoms with Crippen molar-refractivity contribution in [2.24, 2.45) is 0 Å². The summed E-state index contributed by atoms with van der Waals surface area (Å²) in [6, 6.07) is 0. The summed E-state index contributed by atoms with van der Waals surface area (Å²) in [5, 5.41) is 14.6. The van der Waals surface area contributed by atoms with Crippen LogP contribution in [0.15, 0.2) is 49.1 Å². The molecule has 0 aliphatic rings. The number of hydrogen-bond acceptors (Lipinski definition) is 9. The number of esters is 3. The van der Waals surface area contributed by atoms with Crippen LogP contribution in [0.5, 0.6) is 0 Å². The molecule has 0 rings (SSSR count). The smallest absolute Gasteiger partial charge is 0.334 e. The Hall–Kier alpha value is -3.24. The van der Waals surface area contributed by atoms with E-state index >= 15 is 0 Å². The molecule has 43 heavy (non-hydrogen) atoms. The maximum absolute atomic E-state index is 11.1. The summed E-state index contributed by atoms with van der Waals surface area (Å²) in [5.41, 5.74) is 1.25. The van der Waals surface area contributed by atoms with E-state index < -0.39 is 12.1 Å². The summed E-state index contributed by atoms with van der Waals surface area (Å²) < 4.78 is 13.6. The maximum atomic E-state index is 11.1. The number of carbonyl (C=O) groups excluding carboxylic acids is 4. The van der Waals surface area contributed by atoms with Crippen molar-refractivity contribution >= 4 is 23.8 Å². The molecule has 0 aromatic heterocycles. The third kappa shape index (κ3) is 41.0. The zero-order valence-electron chi connectivity index (χ0n) is 28.4. The number of carbonyl (C=O) groups is 4. The fraction of sp³-hybridized carbons (Fsp3) is 0.636. The van der Waals surface area contributed by atoms with Gasteiger partial charge in [0.1, 0.15) is 6.61 Å². The minimum Gasteiger partial charge on any atom is -0.466 e. The van der Waals surface area contributed by atoms with Gasteiger partial charge in [0.05, 0.1) is 19.8 Å².